The van der Waals surface area contributed by atoms with E-state index in [0.717, 1.165) is 42.4 Å². The smallest absolute Gasteiger partial charge is 0.0753 e. The monoisotopic (exact) mass is 418 g/mol. The molecule has 4 rings (SSSR count). The van der Waals surface area contributed by atoms with Crippen molar-refractivity contribution in [2.45, 2.75) is 124 Å². The minimum atomic E-state index is -0.665. The van der Waals surface area contributed by atoms with Crippen LogP contribution in [0.4, 0.5) is 0 Å². The van der Waals surface area contributed by atoms with Crippen LogP contribution in [0, 0.1) is 52.3 Å². The second-order valence-corrected chi connectivity index (χ2v) is 13.3. The Kier molecular flexibility index (Phi) is 6.20. The van der Waals surface area contributed by atoms with E-state index in [2.05, 4.69) is 41.5 Å². The van der Waals surface area contributed by atoms with Gasteiger partial charge < -0.3 is 10.2 Å². The molecule has 4 aliphatic rings. The third-order valence-corrected chi connectivity index (χ3v) is 11.4. The van der Waals surface area contributed by atoms with Crippen molar-refractivity contribution in [1.82, 2.24) is 0 Å². The Morgan fingerprint density at radius 1 is 0.933 bits per heavy atom. The highest BCUT2D eigenvalue weighted by Crippen LogP contribution is 2.70. The molecule has 2 N–H and O–H groups in total. The van der Waals surface area contributed by atoms with Gasteiger partial charge in [-0.3, -0.25) is 0 Å². The van der Waals surface area contributed by atoms with Gasteiger partial charge in [0.2, 0.25) is 0 Å². The zero-order valence-electron chi connectivity index (χ0n) is 20.8. The van der Waals surface area contributed by atoms with E-state index >= 15 is 0 Å². The molecule has 0 radical (unpaired) electrons. The summed E-state index contributed by atoms with van der Waals surface area (Å²) in [6.07, 6.45) is 13.1. The van der Waals surface area contributed by atoms with Gasteiger partial charge >= 0.3 is 0 Å². The van der Waals surface area contributed by atoms with Crippen molar-refractivity contribution in [1.29, 1.82) is 0 Å². The molecular formula is C28H50O2. The highest BCUT2D eigenvalue weighted by molar-refractivity contribution is 5.16. The van der Waals surface area contributed by atoms with Crippen LogP contribution in [-0.4, -0.2) is 21.9 Å². The Labute approximate surface area is 186 Å². The minimum Gasteiger partial charge on any atom is -0.393 e. The summed E-state index contributed by atoms with van der Waals surface area (Å²) in [6, 6.07) is 0. The zero-order valence-corrected chi connectivity index (χ0v) is 20.8. The molecule has 0 heterocycles. The van der Waals surface area contributed by atoms with Crippen molar-refractivity contribution in [3.8, 4) is 0 Å². The van der Waals surface area contributed by atoms with Gasteiger partial charge in [0.05, 0.1) is 11.7 Å². The first-order chi connectivity index (χ1) is 14.0. The number of rotatable bonds is 5. The standard InChI is InChI=1S/C28H50O2/c1-18(2)8-7-9-19(3)23-10-11-24-22-16-20(4)28(30)17-21(29)12-15-27(28,6)25(22)13-14-26(23,24)5/h18-25,29-30H,7-17H2,1-6H3/t19-,20+,21-,22-,23+,24+,25+,26+,27+,28-/m0/s1. The summed E-state index contributed by atoms with van der Waals surface area (Å²) in [6.45, 7) is 14.6. The van der Waals surface area contributed by atoms with E-state index in [4.69, 9.17) is 0 Å². The third-order valence-electron chi connectivity index (χ3n) is 11.4. The van der Waals surface area contributed by atoms with E-state index < -0.39 is 5.60 Å². The van der Waals surface area contributed by atoms with Crippen molar-refractivity contribution in [3.05, 3.63) is 0 Å². The topological polar surface area (TPSA) is 40.5 Å². The molecule has 174 valence electrons. The summed E-state index contributed by atoms with van der Waals surface area (Å²) >= 11 is 0. The fraction of sp³-hybridized carbons (Fsp3) is 1.00. The Morgan fingerprint density at radius 2 is 1.67 bits per heavy atom. The fourth-order valence-corrected chi connectivity index (χ4v) is 9.68. The maximum Gasteiger partial charge on any atom is 0.0753 e. The van der Waals surface area contributed by atoms with E-state index in [1.54, 1.807) is 0 Å². The Bertz CT molecular complexity index is 616. The van der Waals surface area contributed by atoms with Crippen molar-refractivity contribution in [2.24, 2.45) is 52.3 Å². The Morgan fingerprint density at radius 3 is 2.37 bits per heavy atom. The zero-order chi connectivity index (χ0) is 21.9. The van der Waals surface area contributed by atoms with Gasteiger partial charge in [0.15, 0.2) is 0 Å². The molecule has 2 nitrogen and oxygen atoms in total. The molecule has 4 saturated carbocycles. The molecular weight excluding hydrogens is 368 g/mol. The van der Waals surface area contributed by atoms with E-state index in [9.17, 15) is 10.2 Å². The highest BCUT2D eigenvalue weighted by atomic mass is 16.3. The summed E-state index contributed by atoms with van der Waals surface area (Å²) in [5.74, 6) is 5.18. The van der Waals surface area contributed by atoms with E-state index in [0.29, 0.717) is 23.7 Å². The van der Waals surface area contributed by atoms with Crippen molar-refractivity contribution >= 4 is 0 Å². The molecule has 0 aliphatic heterocycles. The molecule has 0 unspecified atom stereocenters. The molecule has 4 fully saturated rings. The van der Waals surface area contributed by atoms with Crippen molar-refractivity contribution in [3.63, 3.8) is 0 Å². The normalized spacial score (nSPS) is 51.9. The van der Waals surface area contributed by atoms with Crippen LogP contribution in [-0.2, 0) is 0 Å². The summed E-state index contributed by atoms with van der Waals surface area (Å²) in [5, 5.41) is 22.2. The molecule has 0 spiro atoms. The van der Waals surface area contributed by atoms with Crippen LogP contribution in [0.1, 0.15) is 112 Å². The maximum absolute atomic E-state index is 11.9. The lowest BCUT2D eigenvalue weighted by atomic mass is 9.41. The molecule has 10 atom stereocenters. The summed E-state index contributed by atoms with van der Waals surface area (Å²) < 4.78 is 0. The Hall–Kier alpha value is -0.0800. The number of hydrogen-bond donors (Lipinski definition) is 2. The van der Waals surface area contributed by atoms with Gasteiger partial charge in [0.25, 0.3) is 0 Å². The Balaban J connectivity index is 1.53. The van der Waals surface area contributed by atoms with Gasteiger partial charge in [-0.2, -0.15) is 0 Å². The number of hydrogen-bond acceptors (Lipinski definition) is 2. The van der Waals surface area contributed by atoms with Gasteiger partial charge in [-0.25, -0.2) is 0 Å². The van der Waals surface area contributed by atoms with E-state index in [1.165, 1.54) is 51.4 Å². The quantitative estimate of drug-likeness (QED) is 0.513. The molecule has 4 aliphatic carbocycles. The second kappa shape index (κ2) is 8.05. The first-order valence-electron chi connectivity index (χ1n) is 13.4. The average Bonchev–Trinajstić information content (AvgIpc) is 3.01. The third kappa shape index (κ3) is 3.42. The highest BCUT2D eigenvalue weighted by Gasteiger charge is 2.66. The van der Waals surface area contributed by atoms with Gasteiger partial charge in [0, 0.05) is 6.42 Å². The second-order valence-electron chi connectivity index (χ2n) is 13.3. The first-order valence-corrected chi connectivity index (χ1v) is 13.4. The molecule has 0 bridgehead atoms. The van der Waals surface area contributed by atoms with E-state index in [-0.39, 0.29) is 11.5 Å². The van der Waals surface area contributed by atoms with Crippen molar-refractivity contribution in [2.75, 3.05) is 0 Å². The van der Waals surface area contributed by atoms with Crippen LogP contribution in [0.3, 0.4) is 0 Å². The van der Waals surface area contributed by atoms with Gasteiger partial charge in [-0.1, -0.05) is 60.8 Å². The average molecular weight is 419 g/mol. The van der Waals surface area contributed by atoms with Crippen LogP contribution < -0.4 is 0 Å². The van der Waals surface area contributed by atoms with Crippen LogP contribution in [0.25, 0.3) is 0 Å². The summed E-state index contributed by atoms with van der Waals surface area (Å²) in [7, 11) is 0. The molecule has 0 aromatic carbocycles. The van der Waals surface area contributed by atoms with E-state index in [1.807, 2.05) is 0 Å². The van der Waals surface area contributed by atoms with Gasteiger partial charge in [0.1, 0.15) is 0 Å². The van der Waals surface area contributed by atoms with Gasteiger partial charge in [-0.15, -0.1) is 0 Å². The summed E-state index contributed by atoms with van der Waals surface area (Å²) in [4.78, 5) is 0. The van der Waals surface area contributed by atoms with Crippen LogP contribution in [0.5, 0.6) is 0 Å². The lowest BCUT2D eigenvalue weighted by molar-refractivity contribution is -0.244. The molecule has 0 saturated heterocycles. The fourth-order valence-electron chi connectivity index (χ4n) is 9.68. The SMILES string of the molecule is CC(C)CCC[C@H](C)[C@H]1CC[C@@H]2[C@@H]3C[C@@H](C)[C@@]4(O)C[C@@H](O)CC[C@]4(C)[C@@H]3CC[C@@]21C. The van der Waals surface area contributed by atoms with Gasteiger partial charge in [-0.05, 0) is 97.2 Å². The van der Waals surface area contributed by atoms with Crippen LogP contribution >= 0.6 is 0 Å². The molecule has 2 heteroatoms. The lowest BCUT2D eigenvalue weighted by Gasteiger charge is -2.66. The number of aliphatic hydroxyl groups excluding tert-OH is 1. The number of aliphatic hydroxyl groups is 2. The predicted octanol–water partition coefficient (Wildman–Crippen LogP) is 6.83. The molecule has 0 amide bonds. The van der Waals surface area contributed by atoms with Crippen LogP contribution in [0.15, 0.2) is 0 Å². The number of fused-ring (bicyclic) bond motifs is 5. The molecule has 30 heavy (non-hydrogen) atoms. The van der Waals surface area contributed by atoms with Crippen molar-refractivity contribution < 1.29 is 10.2 Å². The molecule has 0 aromatic rings. The van der Waals surface area contributed by atoms with Crippen LogP contribution in [0.2, 0.25) is 0 Å². The lowest BCUT2D eigenvalue weighted by Crippen LogP contribution is -2.66. The largest absolute Gasteiger partial charge is 0.393 e. The summed E-state index contributed by atoms with van der Waals surface area (Å²) in [5.41, 5.74) is -0.156. The predicted molar refractivity (Wildman–Crippen MR) is 125 cm³/mol. The molecule has 0 aromatic heterocycles. The first kappa shape index (κ1) is 23.1. The maximum atomic E-state index is 11.9. The minimum absolute atomic E-state index is 0.00311.